The number of rotatable bonds is 5. The van der Waals surface area contributed by atoms with Crippen LogP contribution in [0.25, 0.3) is 0 Å². The Bertz CT molecular complexity index is 1010. The van der Waals surface area contributed by atoms with Crippen LogP contribution in [0.3, 0.4) is 0 Å². The van der Waals surface area contributed by atoms with E-state index < -0.39 is 0 Å². The fraction of sp³-hybridized carbons (Fsp3) is 0.261. The van der Waals surface area contributed by atoms with E-state index in [-0.39, 0.29) is 11.7 Å². The predicted octanol–water partition coefficient (Wildman–Crippen LogP) is 5.57. The number of Topliss-reactive ketones (excluding diaryl/α,β-unsaturated/α-hetero) is 1. The summed E-state index contributed by atoms with van der Waals surface area (Å²) >= 11 is 1.43. The van der Waals surface area contributed by atoms with E-state index in [4.69, 9.17) is 0 Å². The van der Waals surface area contributed by atoms with Crippen molar-refractivity contribution >= 4 is 28.0 Å². The molecule has 4 nitrogen and oxygen atoms in total. The molecule has 3 aromatic rings. The lowest BCUT2D eigenvalue weighted by Gasteiger charge is -2.35. The second-order valence-electron chi connectivity index (χ2n) is 7.31. The number of benzene rings is 2. The summed E-state index contributed by atoms with van der Waals surface area (Å²) in [6.07, 6.45) is 2.17. The number of hydrogen-bond acceptors (Lipinski definition) is 4. The van der Waals surface area contributed by atoms with Gasteiger partial charge in [0, 0.05) is 18.4 Å². The van der Waals surface area contributed by atoms with Crippen LogP contribution in [0.15, 0.2) is 54.6 Å². The summed E-state index contributed by atoms with van der Waals surface area (Å²) in [5, 5.41) is 4.38. The van der Waals surface area contributed by atoms with Gasteiger partial charge in [-0.2, -0.15) is 0 Å². The van der Waals surface area contributed by atoms with Gasteiger partial charge in [-0.15, -0.1) is 11.3 Å². The second kappa shape index (κ2) is 7.68. The summed E-state index contributed by atoms with van der Waals surface area (Å²) in [5.41, 5.74) is 3.33. The van der Waals surface area contributed by atoms with Gasteiger partial charge in [0.15, 0.2) is 5.78 Å². The molecule has 28 heavy (non-hydrogen) atoms. The average Bonchev–Trinajstić information content (AvgIpc) is 3.05. The first-order valence-corrected chi connectivity index (χ1v) is 10.3. The molecule has 1 N–H and O–H groups in total. The molecule has 2 unspecified atom stereocenters. The molecule has 1 heterocycles. The Hall–Kier alpha value is -2.79. The molecule has 2 atom stereocenters. The fourth-order valence-electron chi connectivity index (χ4n) is 3.59. The molecule has 5 heteroatoms. The zero-order chi connectivity index (χ0) is 19.7. The predicted molar refractivity (Wildman–Crippen MR) is 112 cm³/mol. The first-order valence-electron chi connectivity index (χ1n) is 9.47. The van der Waals surface area contributed by atoms with E-state index in [1.54, 1.807) is 12.1 Å². The number of aryl methyl sites for hydroxylation is 1. The van der Waals surface area contributed by atoms with Crippen molar-refractivity contribution < 1.29 is 9.59 Å². The van der Waals surface area contributed by atoms with Crippen LogP contribution in [-0.2, 0) is 0 Å². The minimum absolute atomic E-state index is 0.128. The molecule has 0 saturated heterocycles. The van der Waals surface area contributed by atoms with Crippen LogP contribution >= 0.6 is 11.3 Å². The number of hydrogen-bond donors (Lipinski definition) is 1. The van der Waals surface area contributed by atoms with Gasteiger partial charge in [0.05, 0.1) is 5.01 Å². The van der Waals surface area contributed by atoms with Gasteiger partial charge in [-0.05, 0) is 43.4 Å². The van der Waals surface area contributed by atoms with Crippen LogP contribution in [0.1, 0.15) is 68.6 Å². The molecule has 0 radical (unpaired) electrons. The number of nitrogens with zero attached hydrogens (tertiary/aromatic N) is 1. The lowest BCUT2D eigenvalue weighted by atomic mass is 9.70. The monoisotopic (exact) mass is 390 g/mol. The Balaban J connectivity index is 1.58. The molecular weight excluding hydrogens is 368 g/mol. The summed E-state index contributed by atoms with van der Waals surface area (Å²) < 4.78 is 0. The normalized spacial score (nSPS) is 18.4. The van der Waals surface area contributed by atoms with E-state index in [0.717, 1.165) is 23.4 Å². The number of carbonyl (C=O) groups excluding carboxylic acids is 2. The highest BCUT2D eigenvalue weighted by molar-refractivity contribution is 7.16. The number of thiazole rings is 1. The highest BCUT2D eigenvalue weighted by Gasteiger charge is 2.36. The van der Waals surface area contributed by atoms with Crippen LogP contribution in [0.4, 0.5) is 5.00 Å². The number of ketones is 1. The van der Waals surface area contributed by atoms with Crippen molar-refractivity contribution in [2.75, 3.05) is 5.32 Å². The van der Waals surface area contributed by atoms with Crippen LogP contribution in [0, 0.1) is 6.92 Å². The van der Waals surface area contributed by atoms with Gasteiger partial charge in [0.2, 0.25) is 0 Å². The van der Waals surface area contributed by atoms with Gasteiger partial charge < -0.3 is 5.32 Å². The lowest BCUT2D eigenvalue weighted by molar-refractivity contribution is 0.101. The second-order valence-corrected chi connectivity index (χ2v) is 8.34. The highest BCUT2D eigenvalue weighted by Crippen LogP contribution is 2.50. The van der Waals surface area contributed by atoms with Gasteiger partial charge >= 0.3 is 0 Å². The molecule has 2 aromatic carbocycles. The zero-order valence-corrected chi connectivity index (χ0v) is 16.8. The fourth-order valence-corrected chi connectivity index (χ4v) is 4.80. The standard InChI is InChI=1S/C23H22N2O2S/c1-14-8-10-17(11-9-14)21(27)25-23-20(15(2)26)24-22(28-23)19-13-12-18(19)16-6-4-3-5-7-16/h3-11,18-19H,12-13H2,1-2H3,(H,25,27). The maximum atomic E-state index is 12.6. The summed E-state index contributed by atoms with van der Waals surface area (Å²) in [7, 11) is 0. The highest BCUT2D eigenvalue weighted by atomic mass is 32.1. The van der Waals surface area contributed by atoms with Gasteiger partial charge in [-0.1, -0.05) is 48.0 Å². The largest absolute Gasteiger partial charge is 0.312 e. The van der Waals surface area contributed by atoms with E-state index in [1.165, 1.54) is 23.8 Å². The molecule has 142 valence electrons. The maximum absolute atomic E-state index is 12.6. The van der Waals surface area contributed by atoms with E-state index in [2.05, 4.69) is 34.6 Å². The third-order valence-corrected chi connectivity index (χ3v) is 6.44. The Morgan fingerprint density at radius 3 is 2.29 bits per heavy atom. The van der Waals surface area contributed by atoms with Crippen LogP contribution in [-0.4, -0.2) is 16.7 Å². The number of aromatic nitrogens is 1. The van der Waals surface area contributed by atoms with Crippen molar-refractivity contribution in [2.24, 2.45) is 0 Å². The molecule has 1 aliphatic carbocycles. The van der Waals surface area contributed by atoms with Gasteiger partial charge in [-0.25, -0.2) is 4.98 Å². The topological polar surface area (TPSA) is 59.1 Å². The minimum Gasteiger partial charge on any atom is -0.312 e. The number of carbonyl (C=O) groups is 2. The van der Waals surface area contributed by atoms with Crippen molar-refractivity contribution in [1.82, 2.24) is 4.98 Å². The Labute approximate surface area is 168 Å². The summed E-state index contributed by atoms with van der Waals surface area (Å²) in [6, 6.07) is 17.8. The van der Waals surface area contributed by atoms with E-state index in [1.807, 2.05) is 25.1 Å². The van der Waals surface area contributed by atoms with Crippen LogP contribution in [0.2, 0.25) is 0 Å². The molecule has 1 amide bonds. The van der Waals surface area contributed by atoms with E-state index in [0.29, 0.717) is 28.1 Å². The van der Waals surface area contributed by atoms with Crippen molar-refractivity contribution in [1.29, 1.82) is 0 Å². The summed E-state index contributed by atoms with van der Waals surface area (Å²) in [4.78, 5) is 29.3. The quantitative estimate of drug-likeness (QED) is 0.580. The van der Waals surface area contributed by atoms with Crippen molar-refractivity contribution in [3.05, 3.63) is 82.0 Å². The van der Waals surface area contributed by atoms with Crippen LogP contribution < -0.4 is 5.32 Å². The van der Waals surface area contributed by atoms with Crippen LogP contribution in [0.5, 0.6) is 0 Å². The minimum atomic E-state index is -0.217. The number of amides is 1. The summed E-state index contributed by atoms with van der Waals surface area (Å²) in [6.45, 7) is 3.47. The molecule has 0 spiro atoms. The Morgan fingerprint density at radius 2 is 1.68 bits per heavy atom. The molecule has 1 aliphatic rings. The molecule has 4 rings (SSSR count). The molecule has 1 saturated carbocycles. The van der Waals surface area contributed by atoms with Gasteiger partial charge in [0.25, 0.3) is 5.91 Å². The third kappa shape index (κ3) is 3.62. The SMILES string of the molecule is CC(=O)c1nc(C2CCC2c2ccccc2)sc1NC(=O)c1ccc(C)cc1. The maximum Gasteiger partial charge on any atom is 0.256 e. The molecule has 0 bridgehead atoms. The first kappa shape index (κ1) is 18.6. The third-order valence-electron chi connectivity index (χ3n) is 5.34. The zero-order valence-electron chi connectivity index (χ0n) is 15.9. The Morgan fingerprint density at radius 1 is 1.00 bits per heavy atom. The molecular formula is C23H22N2O2S. The average molecular weight is 391 g/mol. The lowest BCUT2D eigenvalue weighted by Crippen LogP contribution is -2.21. The van der Waals surface area contributed by atoms with Crippen molar-refractivity contribution in [3.63, 3.8) is 0 Å². The van der Waals surface area contributed by atoms with Gasteiger partial charge in [0.1, 0.15) is 10.7 Å². The first-order chi connectivity index (χ1) is 13.5. The molecule has 1 aromatic heterocycles. The molecule has 0 aliphatic heterocycles. The number of nitrogens with one attached hydrogen (secondary N) is 1. The number of anilines is 1. The summed E-state index contributed by atoms with van der Waals surface area (Å²) in [5.74, 6) is 0.381. The Kier molecular flexibility index (Phi) is 5.09. The smallest absolute Gasteiger partial charge is 0.256 e. The van der Waals surface area contributed by atoms with Gasteiger partial charge in [-0.3, -0.25) is 9.59 Å². The van der Waals surface area contributed by atoms with E-state index in [9.17, 15) is 9.59 Å². The van der Waals surface area contributed by atoms with E-state index >= 15 is 0 Å². The molecule has 1 fully saturated rings. The van der Waals surface area contributed by atoms with Crippen molar-refractivity contribution in [2.45, 2.75) is 38.5 Å². The van der Waals surface area contributed by atoms with Crippen molar-refractivity contribution in [3.8, 4) is 0 Å².